The fourth-order valence-electron chi connectivity index (χ4n) is 2.74. The summed E-state index contributed by atoms with van der Waals surface area (Å²) in [5, 5.41) is 9.10. The molecule has 0 saturated carbocycles. The van der Waals surface area contributed by atoms with Gasteiger partial charge >= 0.3 is 5.97 Å². The normalized spacial score (nSPS) is 11.3. The first-order chi connectivity index (χ1) is 12.0. The van der Waals surface area contributed by atoms with Gasteiger partial charge in [-0.25, -0.2) is 9.78 Å². The van der Waals surface area contributed by atoms with Crippen molar-refractivity contribution in [3.63, 3.8) is 0 Å². The van der Waals surface area contributed by atoms with E-state index in [9.17, 15) is 9.59 Å². The number of hydrogen-bond donors (Lipinski definition) is 1. The molecule has 0 spiro atoms. The van der Waals surface area contributed by atoms with Crippen LogP contribution in [0.15, 0.2) is 47.4 Å². The molecule has 5 heteroatoms. The van der Waals surface area contributed by atoms with Crippen molar-refractivity contribution in [2.45, 2.75) is 20.3 Å². The van der Waals surface area contributed by atoms with Gasteiger partial charge in [-0.3, -0.25) is 9.20 Å². The summed E-state index contributed by atoms with van der Waals surface area (Å²) in [7, 11) is 0. The van der Waals surface area contributed by atoms with Gasteiger partial charge in [-0.05, 0) is 37.1 Å². The second-order valence-corrected chi connectivity index (χ2v) is 5.83. The topological polar surface area (TPSA) is 71.7 Å². The summed E-state index contributed by atoms with van der Waals surface area (Å²) in [6.07, 6.45) is 5.59. The van der Waals surface area contributed by atoms with Crippen LogP contribution in [0.3, 0.4) is 0 Å². The molecule has 0 unspecified atom stereocenters. The van der Waals surface area contributed by atoms with Gasteiger partial charge in [-0.15, -0.1) is 0 Å². The van der Waals surface area contributed by atoms with Gasteiger partial charge in [0.25, 0.3) is 5.56 Å². The first kappa shape index (κ1) is 16.6. The summed E-state index contributed by atoms with van der Waals surface area (Å²) in [6.45, 7) is 3.91. The Morgan fingerprint density at radius 3 is 2.72 bits per heavy atom. The monoisotopic (exact) mass is 334 g/mol. The number of hydrogen-bond acceptors (Lipinski definition) is 3. The maximum atomic E-state index is 12.7. The van der Waals surface area contributed by atoms with Crippen LogP contribution < -0.4 is 5.56 Å². The zero-order chi connectivity index (χ0) is 18.0. The number of carbonyl (C=O) groups is 1. The fraction of sp³-hybridized carbons (Fsp3) is 0.150. The number of nitrogens with zero attached hydrogens (tertiary/aromatic N) is 2. The van der Waals surface area contributed by atoms with Gasteiger partial charge < -0.3 is 5.11 Å². The molecule has 1 aromatic carbocycles. The predicted octanol–water partition coefficient (Wildman–Crippen LogP) is 3.43. The van der Waals surface area contributed by atoms with Gasteiger partial charge in [0.2, 0.25) is 0 Å². The van der Waals surface area contributed by atoms with Crippen LogP contribution in [0.5, 0.6) is 0 Å². The number of fused-ring (bicyclic) bond motifs is 1. The van der Waals surface area contributed by atoms with Crippen LogP contribution in [0.1, 0.15) is 39.7 Å². The Kier molecular flexibility index (Phi) is 4.48. The van der Waals surface area contributed by atoms with Crippen LogP contribution in [-0.2, 0) is 6.42 Å². The van der Waals surface area contributed by atoms with E-state index in [-0.39, 0.29) is 11.1 Å². The van der Waals surface area contributed by atoms with E-state index in [0.29, 0.717) is 23.3 Å². The van der Waals surface area contributed by atoms with Crippen molar-refractivity contribution >= 4 is 23.8 Å². The summed E-state index contributed by atoms with van der Waals surface area (Å²) in [4.78, 5) is 28.4. The molecule has 2 aromatic heterocycles. The minimum Gasteiger partial charge on any atom is -0.478 e. The maximum absolute atomic E-state index is 12.7. The van der Waals surface area contributed by atoms with Gasteiger partial charge in [0.15, 0.2) is 0 Å². The smallest absolute Gasteiger partial charge is 0.337 e. The molecule has 0 aliphatic heterocycles. The molecule has 2 heterocycles. The van der Waals surface area contributed by atoms with Gasteiger partial charge in [0.1, 0.15) is 5.65 Å². The van der Waals surface area contributed by atoms with Crippen LogP contribution >= 0.6 is 0 Å². The number of aryl methyl sites for hydroxylation is 1. The van der Waals surface area contributed by atoms with Crippen molar-refractivity contribution in [3.8, 4) is 0 Å². The molecule has 5 nitrogen and oxygen atoms in total. The van der Waals surface area contributed by atoms with E-state index in [4.69, 9.17) is 5.11 Å². The average molecular weight is 334 g/mol. The molecule has 126 valence electrons. The Morgan fingerprint density at radius 1 is 1.24 bits per heavy atom. The third-order valence-corrected chi connectivity index (χ3v) is 4.02. The molecule has 0 amide bonds. The SMILES string of the molecule is CCc1c(C=Cc2cccc(C)c2)nc2ccc(C(=O)O)cn2c1=O. The molecule has 0 radical (unpaired) electrons. The molecule has 3 rings (SSSR count). The van der Waals surface area contributed by atoms with E-state index in [0.717, 1.165) is 11.1 Å². The van der Waals surface area contributed by atoms with Crippen molar-refractivity contribution in [1.82, 2.24) is 9.38 Å². The molecule has 0 aliphatic rings. The maximum Gasteiger partial charge on any atom is 0.337 e. The average Bonchev–Trinajstić information content (AvgIpc) is 2.60. The van der Waals surface area contributed by atoms with E-state index in [1.807, 2.05) is 44.2 Å². The lowest BCUT2D eigenvalue weighted by Gasteiger charge is -2.07. The van der Waals surface area contributed by atoms with Gasteiger partial charge in [0.05, 0.1) is 11.3 Å². The summed E-state index contributed by atoms with van der Waals surface area (Å²) in [5.41, 5.74) is 3.61. The van der Waals surface area contributed by atoms with E-state index in [2.05, 4.69) is 11.1 Å². The molecular formula is C20H18N2O3. The zero-order valence-electron chi connectivity index (χ0n) is 14.1. The molecule has 0 atom stereocenters. The number of aromatic nitrogens is 2. The van der Waals surface area contributed by atoms with E-state index >= 15 is 0 Å². The summed E-state index contributed by atoms with van der Waals surface area (Å²) in [5.74, 6) is -1.07. The van der Waals surface area contributed by atoms with Gasteiger partial charge in [-0.1, -0.05) is 42.8 Å². The Labute approximate surface area is 144 Å². The third kappa shape index (κ3) is 3.35. The molecule has 25 heavy (non-hydrogen) atoms. The van der Waals surface area contributed by atoms with Crippen LogP contribution in [0.4, 0.5) is 0 Å². The lowest BCUT2D eigenvalue weighted by Crippen LogP contribution is -2.22. The Morgan fingerprint density at radius 2 is 2.04 bits per heavy atom. The minimum atomic E-state index is -1.07. The summed E-state index contributed by atoms with van der Waals surface area (Å²) < 4.78 is 1.30. The quantitative estimate of drug-likeness (QED) is 0.793. The van der Waals surface area contributed by atoms with Crippen molar-refractivity contribution in [3.05, 3.63) is 80.9 Å². The fourth-order valence-corrected chi connectivity index (χ4v) is 2.74. The highest BCUT2D eigenvalue weighted by atomic mass is 16.4. The third-order valence-electron chi connectivity index (χ3n) is 4.02. The van der Waals surface area contributed by atoms with Crippen molar-refractivity contribution < 1.29 is 9.90 Å². The lowest BCUT2D eigenvalue weighted by molar-refractivity contribution is 0.0696. The van der Waals surface area contributed by atoms with Crippen LogP contribution in [0.2, 0.25) is 0 Å². The summed E-state index contributed by atoms with van der Waals surface area (Å²) >= 11 is 0. The first-order valence-corrected chi connectivity index (χ1v) is 8.03. The highest BCUT2D eigenvalue weighted by Gasteiger charge is 2.11. The highest BCUT2D eigenvalue weighted by Crippen LogP contribution is 2.13. The molecule has 3 aromatic rings. The molecule has 1 N–H and O–H groups in total. The van der Waals surface area contributed by atoms with Crippen molar-refractivity contribution in [2.75, 3.05) is 0 Å². The summed E-state index contributed by atoms with van der Waals surface area (Å²) in [6, 6.07) is 11.0. The first-order valence-electron chi connectivity index (χ1n) is 8.03. The number of pyridine rings is 1. The standard InChI is InChI=1S/C20H18N2O3/c1-3-16-17(9-7-14-6-4-5-13(2)11-14)21-18-10-8-15(20(24)25)12-22(18)19(16)23/h4-12H,3H2,1-2H3,(H,24,25). The Balaban J connectivity index is 2.14. The molecule has 0 bridgehead atoms. The molecular weight excluding hydrogens is 316 g/mol. The second kappa shape index (κ2) is 6.73. The predicted molar refractivity (Wildman–Crippen MR) is 97.9 cm³/mol. The van der Waals surface area contributed by atoms with Gasteiger partial charge in [0, 0.05) is 11.8 Å². The Bertz CT molecular complexity index is 1050. The van der Waals surface area contributed by atoms with Crippen LogP contribution in [-0.4, -0.2) is 20.5 Å². The number of aromatic carboxylic acids is 1. The van der Waals surface area contributed by atoms with E-state index in [1.165, 1.54) is 16.7 Å². The minimum absolute atomic E-state index is 0.0569. The van der Waals surface area contributed by atoms with Gasteiger partial charge in [-0.2, -0.15) is 0 Å². The largest absolute Gasteiger partial charge is 0.478 e. The second-order valence-electron chi connectivity index (χ2n) is 5.83. The lowest BCUT2D eigenvalue weighted by atomic mass is 10.1. The number of benzene rings is 1. The van der Waals surface area contributed by atoms with Crippen molar-refractivity contribution in [2.24, 2.45) is 0 Å². The number of carboxylic acid groups (broad SMARTS) is 1. The van der Waals surface area contributed by atoms with Crippen LogP contribution in [0, 0.1) is 6.92 Å². The molecule has 0 saturated heterocycles. The van der Waals surface area contributed by atoms with E-state index in [1.54, 1.807) is 6.07 Å². The van der Waals surface area contributed by atoms with E-state index < -0.39 is 5.97 Å². The number of carboxylic acids is 1. The highest BCUT2D eigenvalue weighted by molar-refractivity contribution is 5.87. The molecule has 0 aliphatic carbocycles. The zero-order valence-corrected chi connectivity index (χ0v) is 14.1. The Hall–Kier alpha value is -3.21. The van der Waals surface area contributed by atoms with Crippen LogP contribution in [0.25, 0.3) is 17.8 Å². The molecule has 0 fully saturated rings. The van der Waals surface area contributed by atoms with Crippen molar-refractivity contribution in [1.29, 1.82) is 0 Å². The number of rotatable bonds is 4.